The van der Waals surface area contributed by atoms with Crippen LogP contribution in [0.4, 0.5) is 5.69 Å². The maximum Gasteiger partial charge on any atom is 0.263 e. The molecule has 1 aliphatic heterocycles. The van der Waals surface area contributed by atoms with Crippen molar-refractivity contribution in [1.82, 2.24) is 10.3 Å². The summed E-state index contributed by atoms with van der Waals surface area (Å²) in [6, 6.07) is 11.7. The quantitative estimate of drug-likeness (QED) is 0.782. The lowest BCUT2D eigenvalue weighted by molar-refractivity contribution is -0.128. The SMILES string of the molecule is CCC(CC)NC(=O)C1CN(Cc2cccnc2Cl)c2ccccc2O1. The first-order valence-corrected chi connectivity index (χ1v) is 9.40. The van der Waals surface area contributed by atoms with Crippen molar-refractivity contribution in [2.45, 2.75) is 45.4 Å². The van der Waals surface area contributed by atoms with Gasteiger partial charge in [-0.15, -0.1) is 0 Å². The molecule has 2 heterocycles. The Kier molecular flexibility index (Phi) is 5.99. The third kappa shape index (κ3) is 4.10. The van der Waals surface area contributed by atoms with Crippen LogP contribution in [0.2, 0.25) is 5.15 Å². The predicted molar refractivity (Wildman–Crippen MR) is 104 cm³/mol. The molecule has 0 spiro atoms. The Bertz CT molecular complexity index is 764. The van der Waals surface area contributed by atoms with E-state index in [9.17, 15) is 4.79 Å². The number of hydrogen-bond donors (Lipinski definition) is 1. The molecule has 0 saturated carbocycles. The zero-order valence-corrected chi connectivity index (χ0v) is 15.9. The molecule has 0 bridgehead atoms. The van der Waals surface area contributed by atoms with Gasteiger partial charge in [-0.1, -0.05) is 43.6 Å². The lowest BCUT2D eigenvalue weighted by Crippen LogP contribution is -2.51. The number of aromatic nitrogens is 1. The van der Waals surface area contributed by atoms with Crippen LogP contribution < -0.4 is 15.0 Å². The van der Waals surface area contributed by atoms with E-state index in [0.717, 1.165) is 24.1 Å². The second kappa shape index (κ2) is 8.41. The van der Waals surface area contributed by atoms with E-state index in [4.69, 9.17) is 16.3 Å². The van der Waals surface area contributed by atoms with Crippen molar-refractivity contribution in [3.05, 3.63) is 53.3 Å². The summed E-state index contributed by atoms with van der Waals surface area (Å²) in [6.07, 6.45) is 2.92. The second-order valence-electron chi connectivity index (χ2n) is 6.43. The number of ether oxygens (including phenoxy) is 1. The monoisotopic (exact) mass is 373 g/mol. The summed E-state index contributed by atoms with van der Waals surface area (Å²) in [7, 11) is 0. The first-order chi connectivity index (χ1) is 12.6. The summed E-state index contributed by atoms with van der Waals surface area (Å²) >= 11 is 6.23. The second-order valence-corrected chi connectivity index (χ2v) is 6.79. The van der Waals surface area contributed by atoms with Crippen LogP contribution in [-0.4, -0.2) is 29.6 Å². The molecule has 138 valence electrons. The molecule has 26 heavy (non-hydrogen) atoms. The predicted octanol–water partition coefficient (Wildman–Crippen LogP) is 3.81. The summed E-state index contributed by atoms with van der Waals surface area (Å²) in [5.74, 6) is 0.638. The molecular weight excluding hydrogens is 350 g/mol. The summed E-state index contributed by atoms with van der Waals surface area (Å²) in [4.78, 5) is 19.0. The topological polar surface area (TPSA) is 54.5 Å². The number of nitrogens with one attached hydrogen (secondary N) is 1. The summed E-state index contributed by atoms with van der Waals surface area (Å²) in [6.45, 7) is 5.18. The molecule has 1 N–H and O–H groups in total. The highest BCUT2D eigenvalue weighted by Crippen LogP contribution is 2.34. The number of hydrogen-bond acceptors (Lipinski definition) is 4. The number of rotatable bonds is 6. The van der Waals surface area contributed by atoms with Crippen molar-refractivity contribution in [2.75, 3.05) is 11.4 Å². The molecule has 1 atom stereocenters. The third-order valence-electron chi connectivity index (χ3n) is 4.68. The minimum Gasteiger partial charge on any atom is -0.477 e. The fourth-order valence-corrected chi connectivity index (χ4v) is 3.30. The van der Waals surface area contributed by atoms with Crippen molar-refractivity contribution < 1.29 is 9.53 Å². The van der Waals surface area contributed by atoms with Gasteiger partial charge >= 0.3 is 0 Å². The highest BCUT2D eigenvalue weighted by atomic mass is 35.5. The fraction of sp³-hybridized carbons (Fsp3) is 0.400. The van der Waals surface area contributed by atoms with Gasteiger partial charge in [-0.3, -0.25) is 4.79 Å². The zero-order valence-electron chi connectivity index (χ0n) is 15.1. The molecule has 1 aromatic carbocycles. The number of pyridine rings is 1. The van der Waals surface area contributed by atoms with Gasteiger partial charge in [0, 0.05) is 24.3 Å². The van der Waals surface area contributed by atoms with Crippen molar-refractivity contribution >= 4 is 23.2 Å². The molecular formula is C20H24ClN3O2. The van der Waals surface area contributed by atoms with E-state index in [1.165, 1.54) is 0 Å². The smallest absolute Gasteiger partial charge is 0.263 e. The van der Waals surface area contributed by atoms with Crippen LogP contribution >= 0.6 is 11.6 Å². The van der Waals surface area contributed by atoms with Crippen LogP contribution in [0.5, 0.6) is 5.75 Å². The maximum atomic E-state index is 12.7. The fourth-order valence-electron chi connectivity index (χ4n) is 3.12. The van der Waals surface area contributed by atoms with Crippen LogP contribution in [0.15, 0.2) is 42.6 Å². The third-order valence-corrected chi connectivity index (χ3v) is 5.02. The number of fused-ring (bicyclic) bond motifs is 1. The highest BCUT2D eigenvalue weighted by Gasteiger charge is 2.31. The average molecular weight is 374 g/mol. The molecule has 5 nitrogen and oxygen atoms in total. The number of halogens is 1. The van der Waals surface area contributed by atoms with E-state index >= 15 is 0 Å². The van der Waals surface area contributed by atoms with Crippen LogP contribution in [0.1, 0.15) is 32.3 Å². The lowest BCUT2D eigenvalue weighted by Gasteiger charge is -2.36. The van der Waals surface area contributed by atoms with Crippen LogP contribution in [0.3, 0.4) is 0 Å². The Labute approximate surface area is 159 Å². The molecule has 1 aliphatic rings. The number of nitrogens with zero attached hydrogens (tertiary/aromatic N) is 2. The van der Waals surface area contributed by atoms with Crippen molar-refractivity contribution in [3.63, 3.8) is 0 Å². The number of amides is 1. The van der Waals surface area contributed by atoms with E-state index in [1.807, 2.05) is 36.4 Å². The molecule has 0 saturated heterocycles. The Morgan fingerprint density at radius 2 is 2.08 bits per heavy atom. The Hall–Kier alpha value is -2.27. The van der Waals surface area contributed by atoms with Gasteiger partial charge in [0.05, 0.1) is 12.2 Å². The number of carbonyl (C=O) groups is 1. The summed E-state index contributed by atoms with van der Waals surface area (Å²) in [5.41, 5.74) is 1.88. The molecule has 0 fully saturated rings. The lowest BCUT2D eigenvalue weighted by atomic mass is 10.1. The van der Waals surface area contributed by atoms with E-state index in [1.54, 1.807) is 6.20 Å². The number of anilines is 1. The Balaban J connectivity index is 1.82. The van der Waals surface area contributed by atoms with Crippen LogP contribution in [-0.2, 0) is 11.3 Å². The molecule has 1 unspecified atom stereocenters. The largest absolute Gasteiger partial charge is 0.477 e. The van der Waals surface area contributed by atoms with Gasteiger partial charge in [-0.05, 0) is 31.0 Å². The normalized spacial score (nSPS) is 16.2. The number of benzene rings is 1. The van der Waals surface area contributed by atoms with Crippen molar-refractivity contribution in [2.24, 2.45) is 0 Å². The minimum absolute atomic E-state index is 0.0736. The molecule has 2 aromatic rings. The standard InChI is InChI=1S/C20H24ClN3O2/c1-3-15(4-2)23-20(25)18-13-24(12-14-8-7-11-22-19(14)21)16-9-5-6-10-17(16)26-18/h5-11,15,18H,3-4,12-13H2,1-2H3,(H,23,25). The highest BCUT2D eigenvalue weighted by molar-refractivity contribution is 6.30. The molecule has 3 rings (SSSR count). The number of carbonyl (C=O) groups excluding carboxylic acids is 1. The van der Waals surface area contributed by atoms with Gasteiger partial charge in [-0.25, -0.2) is 4.98 Å². The van der Waals surface area contributed by atoms with Gasteiger partial charge in [-0.2, -0.15) is 0 Å². The Morgan fingerprint density at radius 3 is 2.81 bits per heavy atom. The maximum absolute atomic E-state index is 12.7. The van der Waals surface area contributed by atoms with Crippen LogP contribution in [0.25, 0.3) is 0 Å². The zero-order chi connectivity index (χ0) is 18.5. The molecule has 0 radical (unpaired) electrons. The van der Waals surface area contributed by atoms with E-state index in [0.29, 0.717) is 24.0 Å². The molecule has 1 amide bonds. The average Bonchev–Trinajstić information content (AvgIpc) is 2.67. The Morgan fingerprint density at radius 1 is 1.31 bits per heavy atom. The van der Waals surface area contributed by atoms with Crippen molar-refractivity contribution in [1.29, 1.82) is 0 Å². The van der Waals surface area contributed by atoms with Gasteiger partial charge < -0.3 is 15.0 Å². The van der Waals surface area contributed by atoms with E-state index < -0.39 is 6.10 Å². The summed E-state index contributed by atoms with van der Waals surface area (Å²) < 4.78 is 5.98. The molecule has 0 aliphatic carbocycles. The van der Waals surface area contributed by atoms with Gasteiger partial charge in [0.25, 0.3) is 5.91 Å². The van der Waals surface area contributed by atoms with E-state index in [2.05, 4.69) is 29.0 Å². The van der Waals surface area contributed by atoms with Gasteiger partial charge in [0.1, 0.15) is 10.9 Å². The first kappa shape index (κ1) is 18.5. The number of para-hydroxylation sites is 2. The molecule has 1 aromatic heterocycles. The molecule has 6 heteroatoms. The summed E-state index contributed by atoms with van der Waals surface area (Å²) in [5, 5.41) is 3.56. The van der Waals surface area contributed by atoms with Crippen molar-refractivity contribution in [3.8, 4) is 5.75 Å². The van der Waals surface area contributed by atoms with Gasteiger partial charge in [0.15, 0.2) is 6.10 Å². The van der Waals surface area contributed by atoms with Crippen LogP contribution in [0, 0.1) is 0 Å². The minimum atomic E-state index is -0.555. The van der Waals surface area contributed by atoms with Gasteiger partial charge in [0.2, 0.25) is 0 Å². The van der Waals surface area contributed by atoms with E-state index in [-0.39, 0.29) is 11.9 Å². The first-order valence-electron chi connectivity index (χ1n) is 9.02.